The van der Waals surface area contributed by atoms with Gasteiger partial charge in [-0.15, -0.1) is 0 Å². The van der Waals surface area contributed by atoms with Crippen molar-refractivity contribution in [3.8, 4) is 0 Å². The molecule has 2 rings (SSSR count). The van der Waals surface area contributed by atoms with Gasteiger partial charge in [0.05, 0.1) is 5.02 Å². The molecular formula is C17H25ClFN. The third-order valence-electron chi connectivity index (χ3n) is 4.52. The Morgan fingerprint density at radius 1 is 1.30 bits per heavy atom. The smallest absolute Gasteiger partial charge is 0.141 e. The lowest BCUT2D eigenvalue weighted by Crippen LogP contribution is -2.28. The monoisotopic (exact) mass is 297 g/mol. The Bertz CT molecular complexity index is 415. The van der Waals surface area contributed by atoms with Crippen LogP contribution in [0.5, 0.6) is 0 Å². The molecule has 0 radical (unpaired) electrons. The molecule has 0 spiro atoms. The van der Waals surface area contributed by atoms with E-state index in [4.69, 9.17) is 11.6 Å². The zero-order valence-electron chi connectivity index (χ0n) is 12.3. The topological polar surface area (TPSA) is 12.0 Å². The summed E-state index contributed by atoms with van der Waals surface area (Å²) in [5, 5.41) is 3.61. The fourth-order valence-electron chi connectivity index (χ4n) is 3.21. The summed E-state index contributed by atoms with van der Waals surface area (Å²) in [7, 11) is 2.01. The molecule has 1 aromatic rings. The average Bonchev–Trinajstić information content (AvgIpc) is 2.48. The first-order valence-electron chi connectivity index (χ1n) is 7.80. The maximum atomic E-state index is 13.2. The van der Waals surface area contributed by atoms with Crippen LogP contribution in [0, 0.1) is 11.7 Å². The van der Waals surface area contributed by atoms with Crippen LogP contribution in [0.25, 0.3) is 0 Å². The highest BCUT2D eigenvalue weighted by Gasteiger charge is 2.16. The molecule has 1 aliphatic carbocycles. The van der Waals surface area contributed by atoms with E-state index < -0.39 is 0 Å². The molecule has 1 unspecified atom stereocenters. The van der Waals surface area contributed by atoms with Crippen molar-refractivity contribution in [2.75, 3.05) is 7.05 Å². The van der Waals surface area contributed by atoms with Gasteiger partial charge in [-0.2, -0.15) is 0 Å². The van der Waals surface area contributed by atoms with Crippen molar-refractivity contribution >= 4 is 11.6 Å². The van der Waals surface area contributed by atoms with Crippen LogP contribution >= 0.6 is 11.6 Å². The lowest BCUT2D eigenvalue weighted by Gasteiger charge is -2.24. The molecule has 0 saturated heterocycles. The summed E-state index contributed by atoms with van der Waals surface area (Å²) in [4.78, 5) is 0. The molecule has 112 valence electrons. The van der Waals surface area contributed by atoms with Crippen molar-refractivity contribution in [1.82, 2.24) is 5.32 Å². The van der Waals surface area contributed by atoms with E-state index in [-0.39, 0.29) is 10.8 Å². The summed E-state index contributed by atoms with van der Waals surface area (Å²) in [6.07, 6.45) is 10.4. The fraction of sp³-hybridized carbons (Fsp3) is 0.647. The van der Waals surface area contributed by atoms with Gasteiger partial charge in [-0.25, -0.2) is 4.39 Å². The molecular weight excluding hydrogens is 273 g/mol. The highest BCUT2D eigenvalue weighted by molar-refractivity contribution is 6.30. The van der Waals surface area contributed by atoms with Crippen LogP contribution in [0.15, 0.2) is 18.2 Å². The summed E-state index contributed by atoms with van der Waals surface area (Å²) in [5.74, 6) is 0.579. The SMILES string of the molecule is CNC(CCC1CCCCC1)Cc1ccc(F)c(Cl)c1. The second-order valence-electron chi connectivity index (χ2n) is 6.02. The van der Waals surface area contributed by atoms with Crippen molar-refractivity contribution in [2.24, 2.45) is 5.92 Å². The first kappa shape index (κ1) is 15.8. The Morgan fingerprint density at radius 3 is 2.70 bits per heavy atom. The van der Waals surface area contributed by atoms with E-state index in [1.807, 2.05) is 13.1 Å². The number of halogens is 2. The van der Waals surface area contributed by atoms with Crippen LogP contribution in [0.2, 0.25) is 5.02 Å². The van der Waals surface area contributed by atoms with E-state index in [2.05, 4.69) is 5.32 Å². The second kappa shape index (κ2) is 7.99. The number of benzene rings is 1. The quantitative estimate of drug-likeness (QED) is 0.781. The van der Waals surface area contributed by atoms with E-state index in [9.17, 15) is 4.39 Å². The molecule has 1 atom stereocenters. The summed E-state index contributed by atoms with van der Waals surface area (Å²) in [6, 6.07) is 5.51. The van der Waals surface area contributed by atoms with Gasteiger partial charge in [-0.1, -0.05) is 49.8 Å². The summed E-state index contributed by atoms with van der Waals surface area (Å²) < 4.78 is 13.2. The molecule has 20 heavy (non-hydrogen) atoms. The molecule has 1 aliphatic rings. The van der Waals surface area contributed by atoms with Gasteiger partial charge in [-0.05, 0) is 49.9 Å². The van der Waals surface area contributed by atoms with Crippen LogP contribution in [-0.2, 0) is 6.42 Å². The molecule has 1 nitrogen and oxygen atoms in total. The van der Waals surface area contributed by atoms with Gasteiger partial charge in [0, 0.05) is 6.04 Å². The minimum absolute atomic E-state index is 0.227. The van der Waals surface area contributed by atoms with Crippen molar-refractivity contribution in [1.29, 1.82) is 0 Å². The van der Waals surface area contributed by atoms with E-state index in [1.165, 1.54) is 51.0 Å². The molecule has 1 fully saturated rings. The van der Waals surface area contributed by atoms with Gasteiger partial charge in [0.2, 0.25) is 0 Å². The van der Waals surface area contributed by atoms with Crippen molar-refractivity contribution in [3.05, 3.63) is 34.6 Å². The number of nitrogens with one attached hydrogen (secondary N) is 1. The van der Waals surface area contributed by atoms with E-state index in [0.29, 0.717) is 6.04 Å². The minimum atomic E-state index is -0.335. The first-order chi connectivity index (χ1) is 9.69. The molecule has 0 amide bonds. The van der Waals surface area contributed by atoms with Crippen molar-refractivity contribution in [3.63, 3.8) is 0 Å². The Labute approximate surface area is 126 Å². The minimum Gasteiger partial charge on any atom is -0.317 e. The lowest BCUT2D eigenvalue weighted by atomic mass is 9.84. The zero-order valence-corrected chi connectivity index (χ0v) is 13.1. The van der Waals surface area contributed by atoms with Gasteiger partial charge in [-0.3, -0.25) is 0 Å². The third kappa shape index (κ3) is 4.75. The lowest BCUT2D eigenvalue weighted by molar-refractivity contribution is 0.316. The van der Waals surface area contributed by atoms with Crippen LogP contribution in [0.3, 0.4) is 0 Å². The molecule has 0 aliphatic heterocycles. The first-order valence-corrected chi connectivity index (χ1v) is 8.18. The van der Waals surface area contributed by atoms with Gasteiger partial charge in [0.25, 0.3) is 0 Å². The molecule has 0 heterocycles. The Kier molecular flexibility index (Phi) is 6.31. The fourth-order valence-corrected chi connectivity index (χ4v) is 3.42. The van der Waals surface area contributed by atoms with Gasteiger partial charge in [0.1, 0.15) is 5.82 Å². The largest absolute Gasteiger partial charge is 0.317 e. The number of rotatable bonds is 6. The average molecular weight is 298 g/mol. The third-order valence-corrected chi connectivity index (χ3v) is 4.81. The zero-order chi connectivity index (χ0) is 14.4. The number of likely N-dealkylation sites (N-methyl/N-ethyl adjacent to an activating group) is 1. The highest BCUT2D eigenvalue weighted by atomic mass is 35.5. The predicted molar refractivity (Wildman–Crippen MR) is 83.8 cm³/mol. The van der Waals surface area contributed by atoms with Gasteiger partial charge in [0.15, 0.2) is 0 Å². The number of hydrogen-bond donors (Lipinski definition) is 1. The Hall–Kier alpha value is -0.600. The molecule has 0 bridgehead atoms. The van der Waals surface area contributed by atoms with E-state index >= 15 is 0 Å². The van der Waals surface area contributed by atoms with E-state index in [0.717, 1.165) is 17.9 Å². The molecule has 1 aromatic carbocycles. The summed E-state index contributed by atoms with van der Waals surface area (Å²) >= 11 is 5.84. The molecule has 0 aromatic heterocycles. The van der Waals surface area contributed by atoms with Gasteiger partial charge >= 0.3 is 0 Å². The predicted octanol–water partition coefficient (Wildman–Crippen LogP) is 4.97. The second-order valence-corrected chi connectivity index (χ2v) is 6.43. The normalized spacial score (nSPS) is 18.1. The van der Waals surface area contributed by atoms with Crippen LogP contribution in [0.1, 0.15) is 50.5 Å². The number of hydrogen-bond acceptors (Lipinski definition) is 1. The Morgan fingerprint density at radius 2 is 2.05 bits per heavy atom. The highest BCUT2D eigenvalue weighted by Crippen LogP contribution is 2.28. The molecule has 1 N–H and O–H groups in total. The van der Waals surface area contributed by atoms with Gasteiger partial charge < -0.3 is 5.32 Å². The standard InChI is InChI=1S/C17H25ClFN/c1-20-15(9-7-13-5-3-2-4-6-13)11-14-8-10-17(19)16(18)12-14/h8,10,12-13,15,20H,2-7,9,11H2,1H3. The molecule has 3 heteroatoms. The van der Waals surface area contributed by atoms with Crippen molar-refractivity contribution in [2.45, 2.75) is 57.4 Å². The molecule has 1 saturated carbocycles. The summed E-state index contributed by atoms with van der Waals surface area (Å²) in [6.45, 7) is 0. The van der Waals surface area contributed by atoms with Crippen molar-refractivity contribution < 1.29 is 4.39 Å². The van der Waals surface area contributed by atoms with Crippen LogP contribution in [-0.4, -0.2) is 13.1 Å². The maximum Gasteiger partial charge on any atom is 0.141 e. The maximum absolute atomic E-state index is 13.2. The summed E-state index contributed by atoms with van der Waals surface area (Å²) in [5.41, 5.74) is 1.11. The van der Waals surface area contributed by atoms with Crippen LogP contribution < -0.4 is 5.32 Å². The van der Waals surface area contributed by atoms with Crippen LogP contribution in [0.4, 0.5) is 4.39 Å². The Balaban J connectivity index is 1.83. The van der Waals surface area contributed by atoms with E-state index in [1.54, 1.807) is 6.07 Å².